The predicted octanol–water partition coefficient (Wildman–Crippen LogP) is 0.733. The molecule has 2 fully saturated rings. The molecule has 42 heavy (non-hydrogen) atoms. The molecule has 3 aliphatic heterocycles. The van der Waals surface area contributed by atoms with E-state index in [4.69, 9.17) is 4.74 Å². The monoisotopic (exact) mass is 602 g/mol. The number of aryl methyl sites for hydroxylation is 1. The Balaban J connectivity index is 1.44. The lowest BCUT2D eigenvalue weighted by Crippen LogP contribution is -2.65. The van der Waals surface area contributed by atoms with E-state index in [1.807, 2.05) is 0 Å². The van der Waals surface area contributed by atoms with Gasteiger partial charge in [-0.25, -0.2) is 17.1 Å². The predicted molar refractivity (Wildman–Crippen MR) is 149 cm³/mol. The second-order valence-corrected chi connectivity index (χ2v) is 12.9. The molecular weight excluding hydrogens is 567 g/mol. The summed E-state index contributed by atoms with van der Waals surface area (Å²) in [6.45, 7) is 2.66. The molecule has 4 atom stereocenters. The molecule has 3 aliphatic rings. The van der Waals surface area contributed by atoms with Gasteiger partial charge < -0.3 is 25.4 Å². The van der Waals surface area contributed by atoms with E-state index in [9.17, 15) is 32.3 Å². The molecule has 2 saturated heterocycles. The number of piperazine rings is 1. The van der Waals surface area contributed by atoms with Crippen molar-refractivity contribution in [2.24, 2.45) is 5.92 Å². The Morgan fingerprint density at radius 3 is 2.67 bits per heavy atom. The first-order valence-corrected chi connectivity index (χ1v) is 15.5. The number of halogens is 1. The average molecular weight is 603 g/mol. The lowest BCUT2D eigenvalue weighted by Gasteiger charge is -2.37. The van der Waals surface area contributed by atoms with E-state index < -0.39 is 51.8 Å². The number of carbonyl (C=O) groups excluding carboxylic acids is 3. The van der Waals surface area contributed by atoms with Crippen molar-refractivity contribution in [2.75, 3.05) is 32.8 Å². The molecule has 1 unspecified atom stereocenters. The number of ether oxygens (including phenoxy) is 1. The van der Waals surface area contributed by atoms with E-state index in [2.05, 4.69) is 10.6 Å². The first kappa shape index (κ1) is 29.9. The number of benzene rings is 2. The van der Waals surface area contributed by atoms with Gasteiger partial charge in [-0.2, -0.15) is 0 Å². The number of nitrogens with one attached hydrogen (secondary N) is 2. The van der Waals surface area contributed by atoms with Crippen molar-refractivity contribution in [3.8, 4) is 5.75 Å². The molecule has 4 bridgehead atoms. The summed E-state index contributed by atoms with van der Waals surface area (Å²) in [5, 5.41) is 17.2. The van der Waals surface area contributed by atoms with Gasteiger partial charge >= 0.3 is 0 Å². The highest BCUT2D eigenvalue weighted by Crippen LogP contribution is 2.25. The van der Waals surface area contributed by atoms with Crippen LogP contribution < -0.4 is 15.4 Å². The molecule has 2 aromatic carbocycles. The van der Waals surface area contributed by atoms with Crippen LogP contribution in [0.5, 0.6) is 5.75 Å². The minimum absolute atomic E-state index is 0.0123. The molecule has 3 amide bonds. The smallest absolute Gasteiger partial charge is 0.266 e. The molecule has 0 spiro atoms. The number of nitrogens with zero attached hydrogens (tertiary/aromatic N) is 2. The van der Waals surface area contributed by atoms with Gasteiger partial charge in [-0.15, -0.1) is 0 Å². The molecule has 2 aromatic rings. The minimum atomic E-state index is -4.21. The Labute approximate surface area is 244 Å². The summed E-state index contributed by atoms with van der Waals surface area (Å²) in [7, 11) is -4.21. The quantitative estimate of drug-likeness (QED) is 0.465. The van der Waals surface area contributed by atoms with Gasteiger partial charge in [0.2, 0.25) is 11.8 Å². The maximum Gasteiger partial charge on any atom is 0.266 e. The summed E-state index contributed by atoms with van der Waals surface area (Å²) in [5.74, 6) is -2.45. The molecule has 3 N–H and O–H groups in total. The van der Waals surface area contributed by atoms with Crippen molar-refractivity contribution in [3.63, 3.8) is 0 Å². The third kappa shape index (κ3) is 6.42. The third-order valence-corrected chi connectivity index (χ3v) is 9.71. The van der Waals surface area contributed by atoms with Crippen LogP contribution in [-0.4, -0.2) is 91.4 Å². The van der Waals surface area contributed by atoms with E-state index in [1.165, 1.54) is 24.3 Å². The Morgan fingerprint density at radius 1 is 1.07 bits per heavy atom. The highest BCUT2D eigenvalue weighted by Gasteiger charge is 2.44. The number of fused-ring (bicyclic) bond motifs is 4. The molecule has 13 heteroatoms. The Kier molecular flexibility index (Phi) is 8.81. The molecule has 0 radical (unpaired) electrons. The van der Waals surface area contributed by atoms with Crippen molar-refractivity contribution < 1.29 is 37.0 Å². The molecule has 11 nitrogen and oxygen atoms in total. The number of sulfonamides is 1. The van der Waals surface area contributed by atoms with Crippen LogP contribution in [0, 0.1) is 18.7 Å². The largest absolute Gasteiger partial charge is 0.493 e. The topological polar surface area (TPSA) is 145 Å². The van der Waals surface area contributed by atoms with Gasteiger partial charge in [0.1, 0.15) is 17.6 Å². The van der Waals surface area contributed by atoms with Crippen LogP contribution in [0.15, 0.2) is 47.4 Å². The van der Waals surface area contributed by atoms with E-state index in [0.29, 0.717) is 37.1 Å². The number of carbonyl (C=O) groups is 3. The Hall–Kier alpha value is -3.55. The first-order valence-electron chi connectivity index (χ1n) is 14.1. The zero-order chi connectivity index (χ0) is 30.0. The van der Waals surface area contributed by atoms with Crippen LogP contribution in [-0.2, 0) is 30.8 Å². The van der Waals surface area contributed by atoms with Gasteiger partial charge in [0.15, 0.2) is 0 Å². The SMILES string of the molecule is Cc1cccc(S(=O)(=O)N2CCN[C@@H]([C@@H](O)[C@@H]3Cc4cc(F)cc(c4)OCCCCN4CC(CC4=O)C(=O)N3)C2=O)c1. The number of aliphatic hydroxyl groups is 1. The summed E-state index contributed by atoms with van der Waals surface area (Å²) in [4.78, 5) is 41.1. The van der Waals surface area contributed by atoms with Gasteiger partial charge in [0.25, 0.3) is 15.9 Å². The van der Waals surface area contributed by atoms with Crippen LogP contribution in [0.1, 0.15) is 30.4 Å². The van der Waals surface area contributed by atoms with Gasteiger partial charge in [-0.1, -0.05) is 12.1 Å². The third-order valence-electron chi connectivity index (χ3n) is 7.91. The summed E-state index contributed by atoms with van der Waals surface area (Å²) >= 11 is 0. The fraction of sp³-hybridized carbons (Fsp3) is 0.483. The summed E-state index contributed by atoms with van der Waals surface area (Å²) < 4.78 is 47.8. The molecule has 5 rings (SSSR count). The molecule has 0 aromatic heterocycles. The highest BCUT2D eigenvalue weighted by atomic mass is 32.2. The zero-order valence-corrected chi connectivity index (χ0v) is 24.1. The normalized spacial score (nSPS) is 24.8. The summed E-state index contributed by atoms with van der Waals surface area (Å²) in [6.07, 6.45) is -0.375. The molecule has 0 saturated carbocycles. The van der Waals surface area contributed by atoms with Crippen molar-refractivity contribution in [3.05, 3.63) is 59.4 Å². The Bertz CT molecular complexity index is 1470. The maximum atomic E-state index is 14.5. The van der Waals surface area contributed by atoms with Crippen LogP contribution in [0.2, 0.25) is 0 Å². The average Bonchev–Trinajstić information content (AvgIpc) is 3.31. The lowest BCUT2D eigenvalue weighted by atomic mass is 9.94. The van der Waals surface area contributed by atoms with Crippen LogP contribution in [0.4, 0.5) is 4.39 Å². The fourth-order valence-electron chi connectivity index (χ4n) is 5.71. The van der Waals surface area contributed by atoms with Gasteiger partial charge in [-0.3, -0.25) is 14.4 Å². The molecular formula is C29H35FN4O7S. The van der Waals surface area contributed by atoms with E-state index in [-0.39, 0.29) is 49.0 Å². The van der Waals surface area contributed by atoms with E-state index in [0.717, 1.165) is 4.31 Å². The van der Waals surface area contributed by atoms with Crippen LogP contribution >= 0.6 is 0 Å². The summed E-state index contributed by atoms with van der Waals surface area (Å²) in [6, 6.07) is 7.79. The summed E-state index contributed by atoms with van der Waals surface area (Å²) in [5.41, 5.74) is 1.11. The number of hydrogen-bond acceptors (Lipinski definition) is 8. The van der Waals surface area contributed by atoms with Crippen LogP contribution in [0.25, 0.3) is 0 Å². The van der Waals surface area contributed by atoms with Crippen LogP contribution in [0.3, 0.4) is 0 Å². The Morgan fingerprint density at radius 2 is 1.88 bits per heavy atom. The molecule has 3 heterocycles. The molecule has 226 valence electrons. The zero-order valence-electron chi connectivity index (χ0n) is 23.3. The highest BCUT2D eigenvalue weighted by molar-refractivity contribution is 7.89. The van der Waals surface area contributed by atoms with Gasteiger partial charge in [0, 0.05) is 38.7 Å². The van der Waals surface area contributed by atoms with Gasteiger partial charge in [0.05, 0.1) is 29.6 Å². The van der Waals surface area contributed by atoms with Gasteiger partial charge in [-0.05, 0) is 61.6 Å². The second kappa shape index (κ2) is 12.4. The minimum Gasteiger partial charge on any atom is -0.493 e. The van der Waals surface area contributed by atoms with Crippen molar-refractivity contribution >= 4 is 27.7 Å². The standard InChI is InChI=1S/C29H35FN4O7S/c1-18-5-4-6-23(11-18)42(39,40)34-9-7-31-26(29(34)38)27(36)24-14-19-12-21(30)16-22(13-19)41-10-3-2-8-33-17-20(15-25(33)35)28(37)32-24/h4-6,11-13,16,20,24,26-27,31,36H,2-3,7-10,14-15,17H2,1H3,(H,32,37)/t20?,24-,26-,27-/m0/s1. The van der Waals surface area contributed by atoms with E-state index in [1.54, 1.807) is 30.0 Å². The number of rotatable bonds is 4. The fourth-order valence-corrected chi connectivity index (χ4v) is 7.23. The number of aliphatic hydroxyl groups excluding tert-OH is 1. The maximum absolute atomic E-state index is 14.5. The van der Waals surface area contributed by atoms with Crippen molar-refractivity contribution in [2.45, 2.75) is 55.7 Å². The first-order chi connectivity index (χ1) is 20.0. The van der Waals surface area contributed by atoms with Crippen molar-refractivity contribution in [1.82, 2.24) is 19.8 Å². The second-order valence-electron chi connectivity index (χ2n) is 11.1. The van der Waals surface area contributed by atoms with E-state index >= 15 is 0 Å². The number of amides is 3. The molecule has 0 aliphatic carbocycles. The van der Waals surface area contributed by atoms with Crippen molar-refractivity contribution in [1.29, 1.82) is 0 Å². The lowest BCUT2D eigenvalue weighted by molar-refractivity contribution is -0.135. The number of hydrogen-bond donors (Lipinski definition) is 3.